The average Bonchev–Trinajstić information content (AvgIpc) is 3.45. The van der Waals surface area contributed by atoms with Gasteiger partial charge in [-0.15, -0.1) is 0 Å². The van der Waals surface area contributed by atoms with E-state index in [1.165, 1.54) is 44.5 Å². The number of nitrogens with one attached hydrogen (secondary N) is 1. The SMILES string of the molecule is CC(C)(C)C1=CCNC(c2ccccc2C[C@@H]2c3ccc4c5c(oc4c3C3C=CC=CN32)C=CCC5)=C1. The van der Waals surface area contributed by atoms with E-state index in [4.69, 9.17) is 4.42 Å². The molecule has 4 heterocycles. The van der Waals surface area contributed by atoms with Crippen LogP contribution in [0.4, 0.5) is 0 Å². The van der Waals surface area contributed by atoms with E-state index >= 15 is 0 Å². The zero-order chi connectivity index (χ0) is 25.1. The number of allylic oxidation sites excluding steroid dienone is 5. The first-order valence-corrected chi connectivity index (χ1v) is 13.6. The maximum Gasteiger partial charge on any atom is 0.141 e. The Kier molecular flexibility index (Phi) is 5.11. The number of fused-ring (bicyclic) bond motifs is 7. The van der Waals surface area contributed by atoms with Gasteiger partial charge in [-0.25, -0.2) is 0 Å². The van der Waals surface area contributed by atoms with Crippen LogP contribution in [0.1, 0.15) is 72.9 Å². The zero-order valence-electron chi connectivity index (χ0n) is 21.9. The van der Waals surface area contributed by atoms with Crippen LogP contribution in [0.5, 0.6) is 0 Å². The Balaban J connectivity index is 1.32. The molecule has 3 nitrogen and oxygen atoms in total. The highest BCUT2D eigenvalue weighted by Crippen LogP contribution is 2.50. The van der Waals surface area contributed by atoms with E-state index in [1.807, 2.05) is 0 Å². The number of hydrogen-bond donors (Lipinski definition) is 1. The fourth-order valence-electron chi connectivity index (χ4n) is 6.50. The number of hydrogen-bond acceptors (Lipinski definition) is 3. The lowest BCUT2D eigenvalue weighted by Crippen LogP contribution is -2.24. The Morgan fingerprint density at radius 1 is 1.08 bits per heavy atom. The van der Waals surface area contributed by atoms with E-state index in [0.29, 0.717) is 0 Å². The van der Waals surface area contributed by atoms with Gasteiger partial charge in [-0.05, 0) is 59.6 Å². The summed E-state index contributed by atoms with van der Waals surface area (Å²) in [5.74, 6) is 1.04. The molecule has 2 atom stereocenters. The van der Waals surface area contributed by atoms with Crippen LogP contribution >= 0.6 is 0 Å². The van der Waals surface area contributed by atoms with Gasteiger partial charge in [-0.2, -0.15) is 0 Å². The zero-order valence-corrected chi connectivity index (χ0v) is 21.9. The predicted octanol–water partition coefficient (Wildman–Crippen LogP) is 8.03. The molecule has 0 amide bonds. The number of nitrogens with zero attached hydrogens (tertiary/aromatic N) is 1. The topological polar surface area (TPSA) is 28.4 Å². The molecule has 37 heavy (non-hydrogen) atoms. The third kappa shape index (κ3) is 3.63. The molecule has 3 aromatic rings. The molecule has 1 unspecified atom stereocenters. The Bertz CT molecular complexity index is 1550. The first-order valence-electron chi connectivity index (χ1n) is 13.6. The molecule has 1 aliphatic carbocycles. The molecule has 0 saturated carbocycles. The molecule has 1 aromatic heterocycles. The summed E-state index contributed by atoms with van der Waals surface area (Å²) < 4.78 is 6.55. The normalized spacial score (nSPS) is 21.9. The minimum Gasteiger partial charge on any atom is -0.456 e. The lowest BCUT2D eigenvalue weighted by atomic mass is 9.83. The van der Waals surface area contributed by atoms with Crippen LogP contribution in [0.3, 0.4) is 0 Å². The molecule has 3 heteroatoms. The molecule has 0 radical (unpaired) electrons. The number of aryl methyl sites for hydroxylation is 1. The van der Waals surface area contributed by atoms with Gasteiger partial charge in [0.1, 0.15) is 11.3 Å². The van der Waals surface area contributed by atoms with E-state index in [9.17, 15) is 0 Å². The summed E-state index contributed by atoms with van der Waals surface area (Å²) in [4.78, 5) is 2.53. The second-order valence-electron chi connectivity index (χ2n) is 11.7. The molecule has 4 aliphatic rings. The Labute approximate surface area is 219 Å². The van der Waals surface area contributed by atoms with E-state index in [0.717, 1.165) is 37.2 Å². The molecule has 0 saturated heterocycles. The molecule has 2 aromatic carbocycles. The predicted molar refractivity (Wildman–Crippen MR) is 153 cm³/mol. The minimum atomic E-state index is 0.133. The van der Waals surface area contributed by atoms with Gasteiger partial charge >= 0.3 is 0 Å². The van der Waals surface area contributed by atoms with Crippen LogP contribution in [0.2, 0.25) is 0 Å². The maximum atomic E-state index is 6.55. The summed E-state index contributed by atoms with van der Waals surface area (Å²) in [7, 11) is 0. The third-order valence-corrected chi connectivity index (χ3v) is 8.39. The number of rotatable bonds is 3. The van der Waals surface area contributed by atoms with Gasteiger partial charge in [0, 0.05) is 40.5 Å². The highest BCUT2D eigenvalue weighted by molar-refractivity contribution is 5.90. The van der Waals surface area contributed by atoms with Crippen molar-refractivity contribution in [3.63, 3.8) is 0 Å². The van der Waals surface area contributed by atoms with Crippen molar-refractivity contribution in [3.8, 4) is 0 Å². The van der Waals surface area contributed by atoms with Crippen LogP contribution in [0, 0.1) is 5.41 Å². The van der Waals surface area contributed by atoms with E-state index in [-0.39, 0.29) is 17.5 Å². The molecule has 0 spiro atoms. The monoisotopic (exact) mass is 486 g/mol. The van der Waals surface area contributed by atoms with Crippen molar-refractivity contribution in [3.05, 3.63) is 118 Å². The summed E-state index contributed by atoms with van der Waals surface area (Å²) in [6.07, 6.45) is 21.1. The van der Waals surface area contributed by atoms with E-state index in [1.54, 1.807) is 0 Å². The van der Waals surface area contributed by atoms with Crippen LogP contribution in [0.25, 0.3) is 22.7 Å². The molecule has 3 aliphatic heterocycles. The molecular formula is C34H34N2O. The quantitative estimate of drug-likeness (QED) is 0.406. The van der Waals surface area contributed by atoms with Crippen molar-refractivity contribution in [1.82, 2.24) is 10.2 Å². The Morgan fingerprint density at radius 2 is 1.97 bits per heavy atom. The fourth-order valence-corrected chi connectivity index (χ4v) is 6.50. The lowest BCUT2D eigenvalue weighted by molar-refractivity contribution is 0.269. The highest BCUT2D eigenvalue weighted by atomic mass is 16.3. The van der Waals surface area contributed by atoms with Crippen molar-refractivity contribution in [1.29, 1.82) is 0 Å². The van der Waals surface area contributed by atoms with Gasteiger partial charge in [-0.1, -0.05) is 81.5 Å². The van der Waals surface area contributed by atoms with Crippen LogP contribution in [0.15, 0.2) is 89.0 Å². The summed E-state index contributed by atoms with van der Waals surface area (Å²) in [6, 6.07) is 14.1. The second-order valence-corrected chi connectivity index (χ2v) is 11.7. The largest absolute Gasteiger partial charge is 0.456 e. The van der Waals surface area contributed by atoms with Crippen molar-refractivity contribution in [2.45, 2.75) is 52.1 Å². The van der Waals surface area contributed by atoms with Gasteiger partial charge < -0.3 is 14.6 Å². The molecule has 1 N–H and O–H groups in total. The van der Waals surface area contributed by atoms with Gasteiger partial charge in [-0.3, -0.25) is 0 Å². The van der Waals surface area contributed by atoms with Crippen LogP contribution in [-0.4, -0.2) is 11.4 Å². The average molecular weight is 487 g/mol. The minimum absolute atomic E-state index is 0.133. The third-order valence-electron chi connectivity index (χ3n) is 8.39. The first-order chi connectivity index (χ1) is 18.0. The maximum absolute atomic E-state index is 6.55. The molecule has 186 valence electrons. The molecular weight excluding hydrogens is 452 g/mol. The van der Waals surface area contributed by atoms with Crippen LogP contribution in [-0.2, 0) is 12.8 Å². The summed E-state index contributed by atoms with van der Waals surface area (Å²) >= 11 is 0. The summed E-state index contributed by atoms with van der Waals surface area (Å²) in [5, 5.41) is 4.95. The van der Waals surface area contributed by atoms with Gasteiger partial charge in [0.25, 0.3) is 0 Å². The number of furan rings is 1. The molecule has 0 fully saturated rings. The van der Waals surface area contributed by atoms with Crippen LogP contribution < -0.4 is 5.32 Å². The Hall–Kier alpha value is -3.72. The van der Waals surface area contributed by atoms with Crippen molar-refractivity contribution < 1.29 is 4.42 Å². The smallest absolute Gasteiger partial charge is 0.141 e. The molecule has 0 bridgehead atoms. The highest BCUT2D eigenvalue weighted by Gasteiger charge is 2.39. The molecule has 7 rings (SSSR count). The Morgan fingerprint density at radius 3 is 2.86 bits per heavy atom. The first kappa shape index (κ1) is 22.5. The lowest BCUT2D eigenvalue weighted by Gasteiger charge is -2.31. The second kappa shape index (κ2) is 8.41. The standard InChI is InChI=1S/C34H34N2O/c1-34(2,3)23-17-18-35-28(21-23)24-11-5-4-10-22(24)20-30-27-16-15-26-25-12-6-7-14-31(25)37-33(26)32(27)29-13-8-9-19-36(29)30/h4-5,7-11,13-17,19,21,29-30,35H,6,12,18,20H2,1-3H3/t29?,30-/m1/s1. The summed E-state index contributed by atoms with van der Waals surface area (Å²) in [6.45, 7) is 7.74. The summed E-state index contributed by atoms with van der Waals surface area (Å²) in [5.41, 5.74) is 10.6. The van der Waals surface area contributed by atoms with Gasteiger partial charge in [0.2, 0.25) is 0 Å². The van der Waals surface area contributed by atoms with Gasteiger partial charge in [0.15, 0.2) is 0 Å². The van der Waals surface area contributed by atoms with E-state index < -0.39 is 0 Å². The number of benzene rings is 2. The number of dihydropyridines is 1. The van der Waals surface area contributed by atoms with E-state index in [2.05, 4.69) is 116 Å². The fraction of sp³-hybridized carbons (Fsp3) is 0.294. The van der Waals surface area contributed by atoms with Crippen molar-refractivity contribution >= 4 is 22.7 Å². The van der Waals surface area contributed by atoms with Crippen molar-refractivity contribution in [2.24, 2.45) is 5.41 Å². The van der Waals surface area contributed by atoms with Gasteiger partial charge in [0.05, 0.1) is 12.1 Å². The van der Waals surface area contributed by atoms with Crippen molar-refractivity contribution in [2.75, 3.05) is 6.54 Å².